The van der Waals surface area contributed by atoms with E-state index in [2.05, 4.69) is 6.92 Å². The molecule has 156 valence electrons. The smallest absolute Gasteiger partial charge is 0.320 e. The van der Waals surface area contributed by atoms with Crippen molar-refractivity contribution < 1.29 is 9.90 Å². The van der Waals surface area contributed by atoms with Crippen molar-refractivity contribution in [3.05, 3.63) is 0 Å². The molecule has 0 spiro atoms. The molecule has 0 radical (unpaired) electrons. The lowest BCUT2D eigenvalue weighted by molar-refractivity contribution is -0.139. The van der Waals surface area contributed by atoms with E-state index < -0.39 is 12.0 Å². The predicted octanol–water partition coefficient (Wildman–Crippen LogP) is 7.08. The van der Waals surface area contributed by atoms with E-state index in [1.54, 1.807) is 0 Å². The van der Waals surface area contributed by atoms with Gasteiger partial charge in [0.15, 0.2) is 0 Å². The molecule has 0 aromatic rings. The number of rotatable bonds is 20. The van der Waals surface area contributed by atoms with Crippen LogP contribution >= 0.6 is 0 Å². The van der Waals surface area contributed by atoms with Crippen molar-refractivity contribution in [2.24, 2.45) is 11.7 Å². The van der Waals surface area contributed by atoms with Crippen LogP contribution in [0.5, 0.6) is 0 Å². The molecule has 26 heavy (non-hydrogen) atoms. The van der Waals surface area contributed by atoms with Crippen molar-refractivity contribution in [3.8, 4) is 0 Å². The summed E-state index contributed by atoms with van der Waals surface area (Å²) in [4.78, 5) is 10.8. The second-order valence-electron chi connectivity index (χ2n) is 8.29. The molecule has 0 bridgehead atoms. The first-order valence-corrected chi connectivity index (χ1v) is 11.6. The summed E-state index contributed by atoms with van der Waals surface area (Å²) in [7, 11) is 0. The minimum atomic E-state index is -0.871. The number of aliphatic carboxylic acids is 1. The van der Waals surface area contributed by atoms with Gasteiger partial charge in [0.25, 0.3) is 0 Å². The maximum atomic E-state index is 10.8. The summed E-state index contributed by atoms with van der Waals surface area (Å²) in [5, 5.41) is 8.87. The highest BCUT2D eigenvalue weighted by molar-refractivity contribution is 5.73. The topological polar surface area (TPSA) is 63.3 Å². The lowest BCUT2D eigenvalue weighted by Crippen LogP contribution is -2.36. The van der Waals surface area contributed by atoms with Crippen LogP contribution in [0.1, 0.15) is 129 Å². The third-order valence-electron chi connectivity index (χ3n) is 5.66. The molecule has 0 saturated heterocycles. The lowest BCUT2D eigenvalue weighted by atomic mass is 9.95. The number of nitrogens with two attached hydrogens (primary N) is 1. The minimum Gasteiger partial charge on any atom is -0.480 e. The Labute approximate surface area is 163 Å². The number of carbonyl (C=O) groups is 1. The zero-order chi connectivity index (χ0) is 19.5. The molecule has 0 saturated carbocycles. The van der Waals surface area contributed by atoms with Crippen LogP contribution in [-0.4, -0.2) is 17.1 Å². The van der Waals surface area contributed by atoms with Gasteiger partial charge in [0.1, 0.15) is 6.04 Å². The number of carboxylic acids is 1. The molecule has 2 atom stereocenters. The molecule has 0 aromatic carbocycles. The van der Waals surface area contributed by atoms with E-state index >= 15 is 0 Å². The zero-order valence-electron chi connectivity index (χ0n) is 17.8. The van der Waals surface area contributed by atoms with E-state index in [0.29, 0.717) is 0 Å². The van der Waals surface area contributed by atoms with Crippen molar-refractivity contribution in [1.29, 1.82) is 0 Å². The average Bonchev–Trinajstić information content (AvgIpc) is 2.63. The van der Waals surface area contributed by atoms with Crippen LogP contribution in [0.4, 0.5) is 0 Å². The largest absolute Gasteiger partial charge is 0.480 e. The van der Waals surface area contributed by atoms with Gasteiger partial charge in [-0.3, -0.25) is 4.79 Å². The molecule has 0 amide bonds. The maximum Gasteiger partial charge on any atom is 0.320 e. The number of carboxylic acid groups (broad SMARTS) is 1. The standard InChI is InChI=1S/C23H47NO2/c1-3-4-5-6-7-8-9-10-11-12-13-14-15-16-17-18-19-20-21(2)22(24)23(25)26/h21-22H,3-20,24H2,1-2H3,(H,25,26)/t21?,22-/m0/s1. The molecule has 0 aromatic heterocycles. The van der Waals surface area contributed by atoms with Gasteiger partial charge in [0, 0.05) is 0 Å². The van der Waals surface area contributed by atoms with Gasteiger partial charge in [-0.25, -0.2) is 0 Å². The first kappa shape index (κ1) is 25.4. The Morgan fingerprint density at radius 1 is 0.692 bits per heavy atom. The Morgan fingerprint density at radius 3 is 1.31 bits per heavy atom. The van der Waals surface area contributed by atoms with Crippen LogP contribution in [0.15, 0.2) is 0 Å². The van der Waals surface area contributed by atoms with Gasteiger partial charge < -0.3 is 10.8 Å². The van der Waals surface area contributed by atoms with Gasteiger partial charge in [0.2, 0.25) is 0 Å². The van der Waals surface area contributed by atoms with Crippen LogP contribution in [-0.2, 0) is 4.79 Å². The van der Waals surface area contributed by atoms with E-state index in [9.17, 15) is 4.79 Å². The molecule has 0 fully saturated rings. The number of unbranched alkanes of at least 4 members (excludes halogenated alkanes) is 16. The fourth-order valence-electron chi connectivity index (χ4n) is 3.61. The summed E-state index contributed by atoms with van der Waals surface area (Å²) < 4.78 is 0. The van der Waals surface area contributed by atoms with E-state index in [0.717, 1.165) is 12.8 Å². The van der Waals surface area contributed by atoms with Gasteiger partial charge >= 0.3 is 5.97 Å². The monoisotopic (exact) mass is 369 g/mol. The number of hydrogen-bond donors (Lipinski definition) is 2. The second kappa shape index (κ2) is 19.2. The summed E-state index contributed by atoms with van der Waals surface area (Å²) in [6, 6.07) is -0.698. The number of hydrogen-bond acceptors (Lipinski definition) is 2. The summed E-state index contributed by atoms with van der Waals surface area (Å²) in [6.07, 6.45) is 24.3. The SMILES string of the molecule is CCCCCCCCCCCCCCCCCCCC(C)[C@H](N)C(=O)O. The zero-order valence-corrected chi connectivity index (χ0v) is 17.8. The molecule has 0 heterocycles. The van der Waals surface area contributed by atoms with Gasteiger partial charge in [-0.2, -0.15) is 0 Å². The summed E-state index contributed by atoms with van der Waals surface area (Å²) in [6.45, 7) is 4.23. The Hall–Kier alpha value is -0.570. The van der Waals surface area contributed by atoms with Crippen molar-refractivity contribution in [3.63, 3.8) is 0 Å². The highest BCUT2D eigenvalue weighted by Gasteiger charge is 2.18. The highest BCUT2D eigenvalue weighted by Crippen LogP contribution is 2.16. The molecular weight excluding hydrogens is 322 g/mol. The van der Waals surface area contributed by atoms with Gasteiger partial charge in [0.05, 0.1) is 0 Å². The third kappa shape index (κ3) is 16.9. The minimum absolute atomic E-state index is 0.0869. The summed E-state index contributed by atoms with van der Waals surface area (Å²) in [5.41, 5.74) is 5.63. The Balaban J connectivity index is 3.15. The lowest BCUT2D eigenvalue weighted by Gasteiger charge is -2.15. The molecular formula is C23H47NO2. The van der Waals surface area contributed by atoms with Crippen LogP contribution < -0.4 is 5.73 Å². The normalized spacial score (nSPS) is 13.7. The summed E-state index contributed by atoms with van der Waals surface area (Å²) >= 11 is 0. The fourth-order valence-corrected chi connectivity index (χ4v) is 3.61. The molecule has 3 N–H and O–H groups in total. The molecule has 0 rings (SSSR count). The second-order valence-corrected chi connectivity index (χ2v) is 8.29. The third-order valence-corrected chi connectivity index (χ3v) is 5.66. The van der Waals surface area contributed by atoms with Gasteiger partial charge in [-0.1, -0.05) is 123 Å². The maximum absolute atomic E-state index is 10.8. The van der Waals surface area contributed by atoms with E-state index in [1.807, 2.05) is 6.92 Å². The van der Waals surface area contributed by atoms with Gasteiger partial charge in [-0.05, 0) is 12.3 Å². The molecule has 0 aliphatic rings. The Bertz CT molecular complexity index is 307. The Kier molecular flexibility index (Phi) is 18.8. The van der Waals surface area contributed by atoms with Crippen molar-refractivity contribution in [2.45, 2.75) is 135 Å². The fraction of sp³-hybridized carbons (Fsp3) is 0.957. The quantitative estimate of drug-likeness (QED) is 0.225. The van der Waals surface area contributed by atoms with Gasteiger partial charge in [-0.15, -0.1) is 0 Å². The van der Waals surface area contributed by atoms with Crippen molar-refractivity contribution in [1.82, 2.24) is 0 Å². The highest BCUT2D eigenvalue weighted by atomic mass is 16.4. The summed E-state index contributed by atoms with van der Waals surface area (Å²) in [5.74, 6) is -0.784. The van der Waals surface area contributed by atoms with Crippen molar-refractivity contribution in [2.75, 3.05) is 0 Å². The van der Waals surface area contributed by atoms with Crippen LogP contribution in [0.25, 0.3) is 0 Å². The van der Waals surface area contributed by atoms with E-state index in [4.69, 9.17) is 10.8 Å². The predicted molar refractivity (Wildman–Crippen MR) is 114 cm³/mol. The molecule has 0 aliphatic heterocycles. The first-order chi connectivity index (χ1) is 12.6. The molecule has 3 heteroatoms. The van der Waals surface area contributed by atoms with E-state index in [-0.39, 0.29) is 5.92 Å². The van der Waals surface area contributed by atoms with Crippen LogP contribution in [0, 0.1) is 5.92 Å². The molecule has 3 nitrogen and oxygen atoms in total. The van der Waals surface area contributed by atoms with Crippen LogP contribution in [0.3, 0.4) is 0 Å². The molecule has 1 unspecified atom stereocenters. The van der Waals surface area contributed by atoms with E-state index in [1.165, 1.54) is 103 Å². The van der Waals surface area contributed by atoms with Crippen molar-refractivity contribution >= 4 is 5.97 Å². The van der Waals surface area contributed by atoms with Crippen LogP contribution in [0.2, 0.25) is 0 Å². The first-order valence-electron chi connectivity index (χ1n) is 11.6. The average molecular weight is 370 g/mol. The molecule has 0 aliphatic carbocycles. The Morgan fingerprint density at radius 2 is 1.00 bits per heavy atom.